The molecule has 7 nitrogen and oxygen atoms in total. The Balaban J connectivity index is 1.63. The summed E-state index contributed by atoms with van der Waals surface area (Å²) >= 11 is 0. The van der Waals surface area contributed by atoms with Crippen LogP contribution in [0.5, 0.6) is 0 Å². The van der Waals surface area contributed by atoms with Gasteiger partial charge in [-0.25, -0.2) is 4.79 Å². The van der Waals surface area contributed by atoms with E-state index < -0.39 is 6.03 Å². The molecule has 1 saturated heterocycles. The average molecular weight is 374 g/mol. The number of benzene rings is 1. The molecule has 0 spiro atoms. The van der Waals surface area contributed by atoms with Gasteiger partial charge in [0.15, 0.2) is 0 Å². The highest BCUT2D eigenvalue weighted by Gasteiger charge is 2.25. The summed E-state index contributed by atoms with van der Waals surface area (Å²) in [5.41, 5.74) is 0.633. The number of imide groups is 1. The van der Waals surface area contributed by atoms with E-state index in [4.69, 9.17) is 0 Å². The van der Waals surface area contributed by atoms with Crippen LogP contribution in [0.3, 0.4) is 0 Å². The van der Waals surface area contributed by atoms with Crippen LogP contribution in [0, 0.1) is 5.92 Å². The number of anilines is 1. The first-order valence-corrected chi connectivity index (χ1v) is 9.74. The van der Waals surface area contributed by atoms with Crippen molar-refractivity contribution in [3.63, 3.8) is 0 Å². The number of hydrogen-bond donors (Lipinski definition) is 3. The molecule has 1 heterocycles. The largest absolute Gasteiger partial charge is 0.356 e. The van der Waals surface area contributed by atoms with Crippen molar-refractivity contribution in [3.05, 3.63) is 30.3 Å². The zero-order valence-corrected chi connectivity index (χ0v) is 16.0. The summed E-state index contributed by atoms with van der Waals surface area (Å²) in [6.07, 6.45) is 4.77. The summed E-state index contributed by atoms with van der Waals surface area (Å²) in [6.45, 7) is 4.40. The first kappa shape index (κ1) is 20.9. The molecule has 4 amide bonds. The Morgan fingerprint density at radius 2 is 1.78 bits per heavy atom. The fourth-order valence-electron chi connectivity index (χ4n) is 3.14. The Morgan fingerprint density at radius 1 is 1.07 bits per heavy atom. The fraction of sp³-hybridized carbons (Fsp3) is 0.550. The molecule has 3 N–H and O–H groups in total. The van der Waals surface area contributed by atoms with Crippen LogP contribution in [0.25, 0.3) is 0 Å². The van der Waals surface area contributed by atoms with E-state index in [1.807, 2.05) is 23.1 Å². The number of rotatable bonds is 8. The van der Waals surface area contributed by atoms with E-state index in [9.17, 15) is 14.4 Å². The molecule has 0 aromatic heterocycles. The molecule has 0 saturated carbocycles. The molecule has 0 atom stereocenters. The Kier molecular flexibility index (Phi) is 8.77. The van der Waals surface area contributed by atoms with Crippen molar-refractivity contribution in [1.82, 2.24) is 15.5 Å². The maximum Gasteiger partial charge on any atom is 0.325 e. The maximum absolute atomic E-state index is 12.1. The van der Waals surface area contributed by atoms with Gasteiger partial charge < -0.3 is 10.6 Å². The molecule has 1 fully saturated rings. The number of carbonyl (C=O) groups is 3. The zero-order valence-electron chi connectivity index (χ0n) is 16.0. The third-order valence-corrected chi connectivity index (χ3v) is 4.69. The number of nitrogens with zero attached hydrogens (tertiary/aromatic N) is 1. The van der Waals surface area contributed by atoms with E-state index in [-0.39, 0.29) is 24.3 Å². The summed E-state index contributed by atoms with van der Waals surface area (Å²) in [6, 6.07) is 8.43. The Bertz CT molecular complexity index is 613. The van der Waals surface area contributed by atoms with Gasteiger partial charge in [0.1, 0.15) is 0 Å². The number of carbonyl (C=O) groups excluding carboxylic acids is 3. The summed E-state index contributed by atoms with van der Waals surface area (Å²) in [4.78, 5) is 38.0. The number of para-hydroxylation sites is 1. The van der Waals surface area contributed by atoms with Crippen LogP contribution < -0.4 is 16.0 Å². The zero-order chi connectivity index (χ0) is 19.5. The number of likely N-dealkylation sites (tertiary alicyclic amines) is 1. The predicted molar refractivity (Wildman–Crippen MR) is 105 cm³/mol. The van der Waals surface area contributed by atoms with Crippen molar-refractivity contribution < 1.29 is 14.4 Å². The van der Waals surface area contributed by atoms with Crippen LogP contribution in [-0.2, 0) is 9.59 Å². The second kappa shape index (κ2) is 11.3. The summed E-state index contributed by atoms with van der Waals surface area (Å²) < 4.78 is 0. The highest BCUT2D eigenvalue weighted by Crippen LogP contribution is 2.17. The lowest BCUT2D eigenvalue weighted by molar-refractivity contribution is -0.126. The van der Waals surface area contributed by atoms with E-state index in [1.54, 1.807) is 12.1 Å². The third kappa shape index (κ3) is 7.78. The van der Waals surface area contributed by atoms with Crippen molar-refractivity contribution in [1.29, 1.82) is 0 Å². The summed E-state index contributed by atoms with van der Waals surface area (Å²) in [5, 5.41) is 7.96. The van der Waals surface area contributed by atoms with E-state index in [0.29, 0.717) is 18.8 Å². The minimum atomic E-state index is -0.535. The minimum Gasteiger partial charge on any atom is -0.356 e. The van der Waals surface area contributed by atoms with Crippen LogP contribution in [-0.4, -0.2) is 48.9 Å². The lowest BCUT2D eigenvalue weighted by atomic mass is 9.96. The standard InChI is InChI=1S/C20H30N4O3/c1-2-3-7-12-21-19(26)16-10-13-24(14-11-16)15-18(25)23-20(27)22-17-8-5-4-6-9-17/h4-6,8-9,16H,2-3,7,10-15H2,1H3,(H,21,26)(H2,22,23,25,27). The van der Waals surface area contributed by atoms with Crippen molar-refractivity contribution in [2.75, 3.05) is 31.5 Å². The second-order valence-electron chi connectivity index (χ2n) is 6.92. The lowest BCUT2D eigenvalue weighted by Gasteiger charge is -2.30. The van der Waals surface area contributed by atoms with Gasteiger partial charge >= 0.3 is 6.03 Å². The molecule has 7 heteroatoms. The van der Waals surface area contributed by atoms with Crippen LogP contribution in [0.1, 0.15) is 39.0 Å². The van der Waals surface area contributed by atoms with Crippen LogP contribution >= 0.6 is 0 Å². The maximum atomic E-state index is 12.1. The van der Waals surface area contributed by atoms with E-state index in [2.05, 4.69) is 22.9 Å². The molecular weight excluding hydrogens is 344 g/mol. The molecule has 148 valence electrons. The summed E-state index contributed by atoms with van der Waals surface area (Å²) in [5.74, 6) is -0.198. The number of amides is 4. The monoisotopic (exact) mass is 374 g/mol. The quantitative estimate of drug-likeness (QED) is 0.609. The minimum absolute atomic E-state index is 0.0207. The number of hydrogen-bond acceptors (Lipinski definition) is 4. The van der Waals surface area contributed by atoms with Crippen molar-refractivity contribution in [2.45, 2.75) is 39.0 Å². The van der Waals surface area contributed by atoms with Crippen LogP contribution in [0.4, 0.5) is 10.5 Å². The van der Waals surface area contributed by atoms with Gasteiger partial charge in [-0.2, -0.15) is 0 Å². The first-order valence-electron chi connectivity index (χ1n) is 9.74. The van der Waals surface area contributed by atoms with Crippen molar-refractivity contribution in [3.8, 4) is 0 Å². The topological polar surface area (TPSA) is 90.5 Å². The van der Waals surface area contributed by atoms with Gasteiger partial charge in [0, 0.05) is 18.2 Å². The molecule has 0 aliphatic carbocycles. The van der Waals surface area contributed by atoms with E-state index in [1.165, 1.54) is 0 Å². The predicted octanol–water partition coefficient (Wildman–Crippen LogP) is 2.35. The Labute approximate surface area is 160 Å². The smallest absolute Gasteiger partial charge is 0.325 e. The molecule has 2 rings (SSSR count). The number of urea groups is 1. The molecule has 0 bridgehead atoms. The molecule has 1 aromatic rings. The first-order chi connectivity index (χ1) is 13.1. The van der Waals surface area contributed by atoms with E-state index in [0.717, 1.165) is 38.6 Å². The lowest BCUT2D eigenvalue weighted by Crippen LogP contribution is -2.46. The number of unbranched alkanes of at least 4 members (excludes halogenated alkanes) is 2. The van der Waals surface area contributed by atoms with Gasteiger partial charge in [0.2, 0.25) is 11.8 Å². The number of nitrogens with one attached hydrogen (secondary N) is 3. The highest BCUT2D eigenvalue weighted by molar-refractivity contribution is 6.01. The fourth-order valence-corrected chi connectivity index (χ4v) is 3.14. The van der Waals surface area contributed by atoms with Gasteiger partial charge in [-0.15, -0.1) is 0 Å². The van der Waals surface area contributed by atoms with Crippen LogP contribution in [0.2, 0.25) is 0 Å². The van der Waals surface area contributed by atoms with Crippen LogP contribution in [0.15, 0.2) is 30.3 Å². The molecule has 0 unspecified atom stereocenters. The van der Waals surface area contributed by atoms with Gasteiger partial charge in [-0.05, 0) is 44.5 Å². The normalized spacial score (nSPS) is 15.1. The number of piperidine rings is 1. The molecule has 1 aromatic carbocycles. The highest BCUT2D eigenvalue weighted by atomic mass is 16.2. The molecular formula is C20H30N4O3. The van der Waals surface area contributed by atoms with Gasteiger partial charge in [0.05, 0.1) is 6.54 Å². The summed E-state index contributed by atoms with van der Waals surface area (Å²) in [7, 11) is 0. The molecule has 27 heavy (non-hydrogen) atoms. The van der Waals surface area contributed by atoms with Crippen molar-refractivity contribution in [2.24, 2.45) is 5.92 Å². The second-order valence-corrected chi connectivity index (χ2v) is 6.92. The van der Waals surface area contributed by atoms with E-state index >= 15 is 0 Å². The van der Waals surface area contributed by atoms with Crippen molar-refractivity contribution >= 4 is 23.5 Å². The van der Waals surface area contributed by atoms with Gasteiger partial charge in [0.25, 0.3) is 0 Å². The van der Waals surface area contributed by atoms with Gasteiger partial charge in [-0.3, -0.25) is 19.8 Å². The Hall–Kier alpha value is -2.41. The molecule has 1 aliphatic heterocycles. The molecule has 0 radical (unpaired) electrons. The average Bonchev–Trinajstić information content (AvgIpc) is 2.66. The SMILES string of the molecule is CCCCCNC(=O)C1CCN(CC(=O)NC(=O)Nc2ccccc2)CC1. The third-order valence-electron chi connectivity index (χ3n) is 4.69. The Morgan fingerprint density at radius 3 is 2.44 bits per heavy atom. The van der Waals surface area contributed by atoms with Gasteiger partial charge in [-0.1, -0.05) is 38.0 Å². The molecule has 1 aliphatic rings.